The molecule has 2 rings (SSSR count). The Bertz CT molecular complexity index is 414. The zero-order valence-corrected chi connectivity index (χ0v) is 11.6. The first-order valence-corrected chi connectivity index (χ1v) is 7.23. The quantitative estimate of drug-likeness (QED) is 0.849. The fraction of sp³-hybridized carbons (Fsp3) is 0.500. The van der Waals surface area contributed by atoms with Crippen LogP contribution in [0.4, 0.5) is 5.69 Å². The molecule has 1 aromatic rings. The van der Waals surface area contributed by atoms with Crippen LogP contribution in [-0.4, -0.2) is 23.9 Å². The van der Waals surface area contributed by atoms with E-state index in [0.717, 1.165) is 23.4 Å². The summed E-state index contributed by atoms with van der Waals surface area (Å²) in [5.41, 5.74) is 0.886. The van der Waals surface area contributed by atoms with Crippen molar-refractivity contribution in [1.29, 1.82) is 0 Å². The highest BCUT2D eigenvalue weighted by Gasteiger charge is 2.24. The fourth-order valence-electron chi connectivity index (χ4n) is 1.92. The first-order valence-electron chi connectivity index (χ1n) is 6.35. The Labute approximate surface area is 112 Å². The summed E-state index contributed by atoms with van der Waals surface area (Å²) in [4.78, 5) is 13.1. The summed E-state index contributed by atoms with van der Waals surface area (Å²) in [5, 5.41) is 3.46. The second kappa shape index (κ2) is 6.25. The van der Waals surface area contributed by atoms with Crippen LogP contribution in [0.1, 0.15) is 26.7 Å². The van der Waals surface area contributed by atoms with Gasteiger partial charge in [0.05, 0.1) is 5.69 Å². The van der Waals surface area contributed by atoms with E-state index in [0.29, 0.717) is 11.9 Å². The number of hydrogen-bond donors (Lipinski definition) is 1. The van der Waals surface area contributed by atoms with Crippen LogP contribution in [0.3, 0.4) is 0 Å². The maximum Gasteiger partial charge on any atom is 0.253 e. The molecule has 0 unspecified atom stereocenters. The van der Waals surface area contributed by atoms with Gasteiger partial charge in [-0.3, -0.25) is 4.79 Å². The van der Waals surface area contributed by atoms with Gasteiger partial charge in [0.1, 0.15) is 6.10 Å². The highest BCUT2D eigenvalue weighted by atomic mass is 32.2. The van der Waals surface area contributed by atoms with Crippen molar-refractivity contribution in [1.82, 2.24) is 0 Å². The normalized spacial score (nSPS) is 19.2. The lowest BCUT2D eigenvalue weighted by molar-refractivity contribution is -0.124. The average molecular weight is 265 g/mol. The van der Waals surface area contributed by atoms with Crippen molar-refractivity contribution in [2.75, 3.05) is 11.9 Å². The van der Waals surface area contributed by atoms with E-state index in [9.17, 15) is 4.79 Å². The van der Waals surface area contributed by atoms with Crippen LogP contribution in [0.25, 0.3) is 0 Å². The monoisotopic (exact) mass is 265 g/mol. The van der Waals surface area contributed by atoms with E-state index in [1.807, 2.05) is 24.3 Å². The van der Waals surface area contributed by atoms with Crippen LogP contribution in [0.5, 0.6) is 0 Å². The molecule has 3 nitrogen and oxygen atoms in total. The summed E-state index contributed by atoms with van der Waals surface area (Å²) in [6.45, 7) is 4.98. The number of anilines is 1. The van der Waals surface area contributed by atoms with Gasteiger partial charge in [-0.1, -0.05) is 26.0 Å². The largest absolute Gasteiger partial charge is 0.368 e. The molecule has 0 radical (unpaired) electrons. The zero-order valence-electron chi connectivity index (χ0n) is 10.8. The number of para-hydroxylation sites is 1. The zero-order chi connectivity index (χ0) is 13.0. The summed E-state index contributed by atoms with van der Waals surface area (Å²) >= 11 is 1.75. The van der Waals surface area contributed by atoms with Gasteiger partial charge in [0.15, 0.2) is 0 Å². The smallest absolute Gasteiger partial charge is 0.253 e. The Morgan fingerprint density at radius 1 is 1.44 bits per heavy atom. The first-order chi connectivity index (χ1) is 8.66. The van der Waals surface area contributed by atoms with Crippen molar-refractivity contribution >= 4 is 23.4 Å². The molecule has 18 heavy (non-hydrogen) atoms. The Balaban J connectivity index is 2.05. The lowest BCUT2D eigenvalue weighted by atomic mass is 10.2. The number of carbonyl (C=O) groups is 1. The second-order valence-electron chi connectivity index (χ2n) is 4.65. The summed E-state index contributed by atoms with van der Waals surface area (Å²) < 4.78 is 5.39. The number of carbonyl (C=O) groups excluding carboxylic acids is 1. The second-order valence-corrected chi connectivity index (χ2v) is 6.27. The number of amides is 1. The summed E-state index contributed by atoms with van der Waals surface area (Å²) in [6.07, 6.45) is 1.52. The number of thioether (sulfide) groups is 1. The molecular weight excluding hydrogens is 246 g/mol. The molecule has 98 valence electrons. The lowest BCUT2D eigenvalue weighted by Crippen LogP contribution is -2.27. The van der Waals surface area contributed by atoms with E-state index >= 15 is 0 Å². The molecule has 1 amide bonds. The molecule has 1 aliphatic heterocycles. The van der Waals surface area contributed by atoms with Crippen molar-refractivity contribution in [2.24, 2.45) is 0 Å². The topological polar surface area (TPSA) is 38.3 Å². The maximum absolute atomic E-state index is 12.0. The fourth-order valence-corrected chi connectivity index (χ4v) is 2.84. The molecule has 4 heteroatoms. The third-order valence-electron chi connectivity index (χ3n) is 2.73. The Morgan fingerprint density at radius 2 is 2.22 bits per heavy atom. The van der Waals surface area contributed by atoms with Gasteiger partial charge in [0.2, 0.25) is 0 Å². The van der Waals surface area contributed by atoms with Crippen molar-refractivity contribution in [3.63, 3.8) is 0 Å². The number of rotatable bonds is 4. The molecular formula is C14H19NO2S. The van der Waals surface area contributed by atoms with Crippen molar-refractivity contribution < 1.29 is 9.53 Å². The molecule has 1 saturated heterocycles. The number of ether oxygens (including phenoxy) is 1. The van der Waals surface area contributed by atoms with E-state index in [1.165, 1.54) is 0 Å². The molecule has 1 heterocycles. The molecule has 0 bridgehead atoms. The highest BCUT2D eigenvalue weighted by molar-refractivity contribution is 8.00. The molecule has 1 N–H and O–H groups in total. The van der Waals surface area contributed by atoms with E-state index in [2.05, 4.69) is 19.2 Å². The Morgan fingerprint density at radius 3 is 2.89 bits per heavy atom. The van der Waals surface area contributed by atoms with Crippen LogP contribution in [0, 0.1) is 0 Å². The van der Waals surface area contributed by atoms with E-state index in [4.69, 9.17) is 4.74 Å². The molecule has 1 fully saturated rings. The predicted octanol–water partition coefficient (Wildman–Crippen LogP) is 3.30. The molecule has 0 aromatic heterocycles. The van der Waals surface area contributed by atoms with Crippen LogP contribution in [0.15, 0.2) is 29.2 Å². The Hall–Kier alpha value is -1.00. The van der Waals surface area contributed by atoms with Gasteiger partial charge in [0.25, 0.3) is 5.91 Å². The summed E-state index contributed by atoms with van der Waals surface area (Å²) in [6, 6.07) is 7.91. The Kier molecular flexibility index (Phi) is 4.66. The SMILES string of the molecule is CC(C)Sc1ccccc1NC(=O)[C@H]1CCCO1. The van der Waals surface area contributed by atoms with Gasteiger partial charge < -0.3 is 10.1 Å². The van der Waals surface area contributed by atoms with Gasteiger partial charge in [-0.2, -0.15) is 0 Å². The summed E-state index contributed by atoms with van der Waals surface area (Å²) in [7, 11) is 0. The van der Waals surface area contributed by atoms with Crippen molar-refractivity contribution in [3.8, 4) is 0 Å². The minimum Gasteiger partial charge on any atom is -0.368 e. The van der Waals surface area contributed by atoms with Gasteiger partial charge in [-0.25, -0.2) is 0 Å². The van der Waals surface area contributed by atoms with Crippen LogP contribution < -0.4 is 5.32 Å². The van der Waals surface area contributed by atoms with Crippen LogP contribution in [0.2, 0.25) is 0 Å². The molecule has 0 saturated carbocycles. The van der Waals surface area contributed by atoms with E-state index < -0.39 is 0 Å². The number of benzene rings is 1. The third-order valence-corrected chi connectivity index (χ3v) is 3.81. The summed E-state index contributed by atoms with van der Waals surface area (Å²) in [5.74, 6) is -0.0238. The maximum atomic E-state index is 12.0. The van der Waals surface area contributed by atoms with Gasteiger partial charge >= 0.3 is 0 Å². The molecule has 0 spiro atoms. The van der Waals surface area contributed by atoms with Crippen LogP contribution >= 0.6 is 11.8 Å². The number of hydrogen-bond acceptors (Lipinski definition) is 3. The molecule has 1 aliphatic rings. The van der Waals surface area contributed by atoms with Crippen LogP contribution in [-0.2, 0) is 9.53 Å². The van der Waals surface area contributed by atoms with Gasteiger partial charge in [0, 0.05) is 16.8 Å². The predicted molar refractivity (Wildman–Crippen MR) is 75.0 cm³/mol. The average Bonchev–Trinajstić information content (AvgIpc) is 2.84. The number of nitrogens with one attached hydrogen (secondary N) is 1. The lowest BCUT2D eigenvalue weighted by Gasteiger charge is -2.14. The van der Waals surface area contributed by atoms with E-state index in [-0.39, 0.29) is 12.0 Å². The minimum atomic E-state index is -0.276. The van der Waals surface area contributed by atoms with Crippen molar-refractivity contribution in [3.05, 3.63) is 24.3 Å². The standard InChI is InChI=1S/C14H19NO2S/c1-10(2)18-13-8-4-3-6-11(13)15-14(16)12-7-5-9-17-12/h3-4,6,8,10,12H,5,7,9H2,1-2H3,(H,15,16)/t12-/m1/s1. The highest BCUT2D eigenvalue weighted by Crippen LogP contribution is 2.30. The minimum absolute atomic E-state index is 0.0238. The first kappa shape index (κ1) is 13.4. The van der Waals surface area contributed by atoms with Gasteiger partial charge in [-0.05, 0) is 25.0 Å². The van der Waals surface area contributed by atoms with E-state index in [1.54, 1.807) is 11.8 Å². The van der Waals surface area contributed by atoms with Gasteiger partial charge in [-0.15, -0.1) is 11.8 Å². The molecule has 0 aliphatic carbocycles. The third kappa shape index (κ3) is 3.50. The molecule has 1 atom stereocenters. The molecule has 1 aromatic carbocycles. The van der Waals surface area contributed by atoms with Crippen molar-refractivity contribution in [2.45, 2.75) is 42.9 Å².